The Morgan fingerprint density at radius 1 is 1.23 bits per heavy atom. The lowest BCUT2D eigenvalue weighted by Crippen LogP contribution is -2.38. The Labute approximate surface area is 148 Å². The maximum Gasteiger partial charge on any atom is 0.191 e. The molecule has 0 atom stereocenters. The number of hydrogen-bond donors (Lipinski definition) is 2. The van der Waals surface area contributed by atoms with Crippen molar-refractivity contribution in [1.82, 2.24) is 15.6 Å². The van der Waals surface area contributed by atoms with Gasteiger partial charge in [0, 0.05) is 38.4 Å². The van der Waals surface area contributed by atoms with Crippen molar-refractivity contribution in [3.8, 4) is 0 Å². The molecule has 0 bridgehead atoms. The normalized spacial score (nSPS) is 10.9. The summed E-state index contributed by atoms with van der Waals surface area (Å²) >= 11 is 0. The van der Waals surface area contributed by atoms with Gasteiger partial charge in [-0.05, 0) is 37.1 Å². The van der Waals surface area contributed by atoms with Crippen LogP contribution in [0.15, 0.2) is 52.3 Å². The molecule has 2 N–H and O–H groups in total. The van der Waals surface area contributed by atoms with E-state index in [1.807, 2.05) is 24.4 Å². The zero-order valence-corrected chi connectivity index (χ0v) is 15.1. The topological polar surface area (TPSA) is 62.5 Å². The standard InChI is InChI=1S/C16H22N4O.HI/c1-2-18-16(20-11-8-15-6-4-12-21-15)19-10-7-14-5-3-9-17-13-14;/h3-6,9,12-13H,2,7-8,10-11H2,1H3,(H2,18,19,20);1H. The van der Waals surface area contributed by atoms with Crippen molar-refractivity contribution < 1.29 is 4.42 Å². The summed E-state index contributed by atoms with van der Waals surface area (Å²) in [6, 6.07) is 7.91. The van der Waals surface area contributed by atoms with Crippen molar-refractivity contribution >= 4 is 29.9 Å². The van der Waals surface area contributed by atoms with E-state index in [0.29, 0.717) is 6.54 Å². The highest BCUT2D eigenvalue weighted by molar-refractivity contribution is 14.0. The van der Waals surface area contributed by atoms with Crippen LogP contribution in [-0.2, 0) is 12.8 Å². The number of rotatable bonds is 7. The molecule has 2 rings (SSSR count). The van der Waals surface area contributed by atoms with Gasteiger partial charge in [-0.3, -0.25) is 9.98 Å². The van der Waals surface area contributed by atoms with E-state index in [9.17, 15) is 0 Å². The van der Waals surface area contributed by atoms with Crippen molar-refractivity contribution in [2.45, 2.75) is 19.8 Å². The highest BCUT2D eigenvalue weighted by Crippen LogP contribution is 2.00. The average molecular weight is 414 g/mol. The lowest BCUT2D eigenvalue weighted by atomic mass is 10.2. The zero-order chi connectivity index (χ0) is 14.8. The van der Waals surface area contributed by atoms with Crippen LogP contribution in [0.4, 0.5) is 0 Å². The van der Waals surface area contributed by atoms with Crippen molar-refractivity contribution in [2.24, 2.45) is 4.99 Å². The van der Waals surface area contributed by atoms with Gasteiger partial charge in [-0.15, -0.1) is 24.0 Å². The molecule has 2 aromatic heterocycles. The summed E-state index contributed by atoms with van der Waals surface area (Å²) in [7, 11) is 0. The highest BCUT2D eigenvalue weighted by Gasteiger charge is 1.99. The molecular formula is C16H23IN4O. The number of aromatic nitrogens is 1. The Bertz CT molecular complexity index is 528. The second-order valence-electron chi connectivity index (χ2n) is 4.63. The second kappa shape index (κ2) is 11.1. The molecule has 2 aromatic rings. The molecule has 0 aliphatic carbocycles. The zero-order valence-electron chi connectivity index (χ0n) is 12.8. The number of nitrogens with one attached hydrogen (secondary N) is 2. The molecule has 0 aliphatic heterocycles. The van der Waals surface area contributed by atoms with Crippen molar-refractivity contribution in [2.75, 3.05) is 19.6 Å². The van der Waals surface area contributed by atoms with Crippen LogP contribution in [0.2, 0.25) is 0 Å². The molecule has 5 nitrogen and oxygen atoms in total. The van der Waals surface area contributed by atoms with Gasteiger partial charge in [0.1, 0.15) is 5.76 Å². The summed E-state index contributed by atoms with van der Waals surface area (Å²) in [4.78, 5) is 8.65. The summed E-state index contributed by atoms with van der Waals surface area (Å²) in [5.74, 6) is 1.80. The number of guanidine groups is 1. The molecule has 0 spiro atoms. The summed E-state index contributed by atoms with van der Waals surface area (Å²) in [6.45, 7) is 4.44. The van der Waals surface area contributed by atoms with E-state index in [0.717, 1.165) is 37.7 Å². The maximum absolute atomic E-state index is 5.30. The smallest absolute Gasteiger partial charge is 0.191 e. The molecule has 0 aliphatic rings. The summed E-state index contributed by atoms with van der Waals surface area (Å²) < 4.78 is 5.30. The quantitative estimate of drug-likeness (QED) is 0.416. The van der Waals surface area contributed by atoms with Crippen LogP contribution in [0.5, 0.6) is 0 Å². The van der Waals surface area contributed by atoms with Crippen molar-refractivity contribution in [3.05, 3.63) is 54.2 Å². The minimum atomic E-state index is 0. The first-order chi connectivity index (χ1) is 10.4. The molecule has 0 unspecified atom stereocenters. The Kier molecular flexibility index (Phi) is 9.29. The van der Waals surface area contributed by atoms with Gasteiger partial charge in [0.05, 0.1) is 6.26 Å². The van der Waals surface area contributed by atoms with E-state index in [2.05, 4.69) is 33.6 Å². The van der Waals surface area contributed by atoms with E-state index in [4.69, 9.17) is 4.42 Å². The fourth-order valence-electron chi connectivity index (χ4n) is 1.95. The van der Waals surface area contributed by atoms with Gasteiger partial charge < -0.3 is 15.1 Å². The van der Waals surface area contributed by atoms with Gasteiger partial charge in [0.2, 0.25) is 0 Å². The lowest BCUT2D eigenvalue weighted by Gasteiger charge is -2.11. The monoisotopic (exact) mass is 414 g/mol. The molecule has 0 saturated carbocycles. The Morgan fingerprint density at radius 2 is 2.14 bits per heavy atom. The molecule has 0 aromatic carbocycles. The summed E-state index contributed by atoms with van der Waals surface area (Å²) in [5.41, 5.74) is 1.22. The molecule has 0 amide bonds. The number of pyridine rings is 1. The van der Waals surface area contributed by atoms with E-state index in [1.165, 1.54) is 5.56 Å². The Morgan fingerprint density at radius 3 is 2.82 bits per heavy atom. The van der Waals surface area contributed by atoms with E-state index in [1.54, 1.807) is 12.5 Å². The van der Waals surface area contributed by atoms with E-state index >= 15 is 0 Å². The lowest BCUT2D eigenvalue weighted by molar-refractivity contribution is 0.510. The van der Waals surface area contributed by atoms with Crippen molar-refractivity contribution in [3.63, 3.8) is 0 Å². The van der Waals surface area contributed by atoms with Crippen LogP contribution < -0.4 is 10.6 Å². The largest absolute Gasteiger partial charge is 0.469 e. The highest BCUT2D eigenvalue weighted by atomic mass is 127. The molecule has 0 radical (unpaired) electrons. The third-order valence-corrected chi connectivity index (χ3v) is 2.98. The van der Waals surface area contributed by atoms with Crippen molar-refractivity contribution in [1.29, 1.82) is 0 Å². The molecule has 0 fully saturated rings. The van der Waals surface area contributed by atoms with Crippen LogP contribution in [0.25, 0.3) is 0 Å². The van der Waals surface area contributed by atoms with Gasteiger partial charge in [0.15, 0.2) is 5.96 Å². The minimum absolute atomic E-state index is 0. The number of aliphatic imine (C=N–C) groups is 1. The fourth-order valence-corrected chi connectivity index (χ4v) is 1.95. The molecule has 6 heteroatoms. The number of hydrogen-bond acceptors (Lipinski definition) is 3. The summed E-state index contributed by atoms with van der Waals surface area (Å²) in [5, 5.41) is 6.57. The number of nitrogens with zero attached hydrogens (tertiary/aromatic N) is 2. The number of furan rings is 1. The maximum atomic E-state index is 5.30. The minimum Gasteiger partial charge on any atom is -0.469 e. The third-order valence-electron chi connectivity index (χ3n) is 2.98. The first kappa shape index (κ1) is 18.5. The first-order valence-corrected chi connectivity index (χ1v) is 7.32. The molecule has 2 heterocycles. The van der Waals surface area contributed by atoms with Crippen LogP contribution in [-0.4, -0.2) is 30.6 Å². The number of halogens is 1. The summed E-state index contributed by atoms with van der Waals surface area (Å²) in [6.07, 6.45) is 7.11. The second-order valence-corrected chi connectivity index (χ2v) is 4.63. The average Bonchev–Trinajstić information content (AvgIpc) is 3.02. The van der Waals surface area contributed by atoms with Crippen LogP contribution in [0.1, 0.15) is 18.2 Å². The SMILES string of the molecule is CCNC(=NCCc1ccco1)NCCc1cccnc1.I. The molecule has 0 saturated heterocycles. The van der Waals surface area contributed by atoms with Gasteiger partial charge in [-0.1, -0.05) is 6.07 Å². The predicted molar refractivity (Wildman–Crippen MR) is 99.7 cm³/mol. The Balaban J connectivity index is 0.00000242. The molecular weight excluding hydrogens is 391 g/mol. The van der Waals surface area contributed by atoms with Crippen LogP contribution >= 0.6 is 24.0 Å². The van der Waals surface area contributed by atoms with E-state index in [-0.39, 0.29) is 24.0 Å². The van der Waals surface area contributed by atoms with Crippen LogP contribution in [0.3, 0.4) is 0 Å². The molecule has 120 valence electrons. The predicted octanol–water partition coefficient (Wildman–Crippen LogP) is 2.63. The van der Waals surface area contributed by atoms with Gasteiger partial charge >= 0.3 is 0 Å². The molecule has 22 heavy (non-hydrogen) atoms. The fraction of sp³-hybridized carbons (Fsp3) is 0.375. The third kappa shape index (κ3) is 6.93. The van der Waals surface area contributed by atoms with Gasteiger partial charge in [0.25, 0.3) is 0 Å². The van der Waals surface area contributed by atoms with Gasteiger partial charge in [-0.2, -0.15) is 0 Å². The van der Waals surface area contributed by atoms with Gasteiger partial charge in [-0.25, -0.2) is 0 Å². The van der Waals surface area contributed by atoms with Crippen LogP contribution in [0, 0.1) is 0 Å². The Hall–Kier alpha value is -1.57. The first-order valence-electron chi connectivity index (χ1n) is 7.32. The van der Waals surface area contributed by atoms with E-state index < -0.39 is 0 Å².